The summed E-state index contributed by atoms with van der Waals surface area (Å²) in [6.07, 6.45) is 5.60. The van der Waals surface area contributed by atoms with Gasteiger partial charge in [-0.25, -0.2) is 0 Å². The number of amides is 1. The van der Waals surface area contributed by atoms with Crippen molar-refractivity contribution >= 4 is 27.5 Å². The minimum Gasteiger partial charge on any atom is -0.399 e. The molecule has 15 heavy (non-hydrogen) atoms. The maximum absolute atomic E-state index is 11.6. The van der Waals surface area contributed by atoms with Crippen molar-refractivity contribution < 1.29 is 4.79 Å². The van der Waals surface area contributed by atoms with Gasteiger partial charge in [-0.2, -0.15) is 0 Å². The van der Waals surface area contributed by atoms with Crippen molar-refractivity contribution in [2.45, 2.75) is 6.42 Å². The quantitative estimate of drug-likeness (QED) is 0.498. The fraction of sp³-hybridized carbons (Fsp3) is 0.182. The van der Waals surface area contributed by atoms with Crippen molar-refractivity contribution in [3.05, 3.63) is 28.2 Å². The van der Waals surface area contributed by atoms with Crippen LogP contribution in [0, 0.1) is 12.3 Å². The lowest BCUT2D eigenvalue weighted by Crippen LogP contribution is -2.24. The lowest BCUT2D eigenvalue weighted by molar-refractivity contribution is 0.0954. The van der Waals surface area contributed by atoms with Gasteiger partial charge in [-0.15, -0.1) is 12.3 Å². The van der Waals surface area contributed by atoms with Crippen molar-refractivity contribution in [1.29, 1.82) is 0 Å². The highest BCUT2D eigenvalue weighted by atomic mass is 79.9. The van der Waals surface area contributed by atoms with E-state index in [1.165, 1.54) is 0 Å². The Kier molecular flexibility index (Phi) is 4.19. The standard InChI is InChI=1S/C11H11BrN2O/c1-2-3-4-14-11(15)8-5-9(12)7-10(13)6-8/h1,5-7H,3-4,13H2,(H,14,15). The molecule has 1 amide bonds. The lowest BCUT2D eigenvalue weighted by Gasteiger charge is -2.04. The second-order valence-electron chi connectivity index (χ2n) is 2.98. The highest BCUT2D eigenvalue weighted by Gasteiger charge is 2.05. The van der Waals surface area contributed by atoms with E-state index in [-0.39, 0.29) is 5.91 Å². The molecule has 0 atom stereocenters. The number of hydrogen-bond acceptors (Lipinski definition) is 2. The summed E-state index contributed by atoms with van der Waals surface area (Å²) in [5, 5.41) is 2.70. The van der Waals surface area contributed by atoms with E-state index in [2.05, 4.69) is 27.2 Å². The van der Waals surface area contributed by atoms with E-state index in [1.54, 1.807) is 18.2 Å². The lowest BCUT2D eigenvalue weighted by atomic mass is 10.2. The molecule has 1 aromatic rings. The number of carbonyl (C=O) groups excluding carboxylic acids is 1. The summed E-state index contributed by atoms with van der Waals surface area (Å²) in [5.74, 6) is 2.28. The van der Waals surface area contributed by atoms with Gasteiger partial charge in [0.2, 0.25) is 0 Å². The third kappa shape index (κ3) is 3.64. The highest BCUT2D eigenvalue weighted by molar-refractivity contribution is 9.10. The van der Waals surface area contributed by atoms with Crippen LogP contribution in [0.3, 0.4) is 0 Å². The number of hydrogen-bond donors (Lipinski definition) is 2. The second kappa shape index (κ2) is 5.42. The van der Waals surface area contributed by atoms with Crippen LogP contribution in [-0.4, -0.2) is 12.5 Å². The average molecular weight is 267 g/mol. The molecule has 1 rings (SSSR count). The van der Waals surface area contributed by atoms with Gasteiger partial charge in [-0.05, 0) is 18.2 Å². The number of halogens is 1. The normalized spacial score (nSPS) is 9.33. The van der Waals surface area contributed by atoms with Crippen LogP contribution in [0.4, 0.5) is 5.69 Å². The van der Waals surface area contributed by atoms with Gasteiger partial charge in [0.05, 0.1) is 0 Å². The van der Waals surface area contributed by atoms with Crippen molar-refractivity contribution in [2.24, 2.45) is 0 Å². The van der Waals surface area contributed by atoms with E-state index < -0.39 is 0 Å². The van der Waals surface area contributed by atoms with Crippen LogP contribution in [0.5, 0.6) is 0 Å². The number of nitrogens with one attached hydrogen (secondary N) is 1. The largest absolute Gasteiger partial charge is 0.399 e. The summed E-state index contributed by atoms with van der Waals surface area (Å²) in [7, 11) is 0. The molecule has 1 aromatic carbocycles. The molecule has 0 heterocycles. The molecule has 0 saturated carbocycles. The minimum absolute atomic E-state index is 0.168. The molecule has 0 radical (unpaired) electrons. The van der Waals surface area contributed by atoms with E-state index in [0.717, 1.165) is 4.47 Å². The van der Waals surface area contributed by atoms with E-state index in [9.17, 15) is 4.79 Å². The number of anilines is 1. The first-order valence-corrected chi connectivity index (χ1v) is 5.20. The molecular weight excluding hydrogens is 256 g/mol. The number of terminal acetylenes is 1. The summed E-state index contributed by atoms with van der Waals surface area (Å²) < 4.78 is 0.782. The zero-order valence-corrected chi connectivity index (χ0v) is 9.67. The first-order valence-electron chi connectivity index (χ1n) is 4.41. The Morgan fingerprint density at radius 2 is 2.27 bits per heavy atom. The average Bonchev–Trinajstić information content (AvgIpc) is 2.16. The number of nitrogen functional groups attached to an aromatic ring is 1. The van der Waals surface area contributed by atoms with Crippen LogP contribution in [-0.2, 0) is 0 Å². The van der Waals surface area contributed by atoms with Gasteiger partial charge in [0.15, 0.2) is 0 Å². The molecule has 0 unspecified atom stereocenters. The van der Waals surface area contributed by atoms with E-state index in [1.807, 2.05) is 0 Å². The van der Waals surface area contributed by atoms with Gasteiger partial charge < -0.3 is 11.1 Å². The van der Waals surface area contributed by atoms with Crippen molar-refractivity contribution in [2.75, 3.05) is 12.3 Å². The van der Waals surface area contributed by atoms with Crippen LogP contribution in [0.2, 0.25) is 0 Å². The Balaban J connectivity index is 2.70. The molecule has 0 saturated heterocycles. The fourth-order valence-electron chi connectivity index (χ4n) is 1.09. The highest BCUT2D eigenvalue weighted by Crippen LogP contribution is 2.17. The third-order valence-corrected chi connectivity index (χ3v) is 2.20. The second-order valence-corrected chi connectivity index (χ2v) is 3.90. The number of benzene rings is 1. The molecule has 0 fully saturated rings. The van der Waals surface area contributed by atoms with Gasteiger partial charge in [-0.3, -0.25) is 4.79 Å². The van der Waals surface area contributed by atoms with E-state index >= 15 is 0 Å². The van der Waals surface area contributed by atoms with Crippen LogP contribution >= 0.6 is 15.9 Å². The van der Waals surface area contributed by atoms with E-state index in [0.29, 0.717) is 24.2 Å². The fourth-order valence-corrected chi connectivity index (χ4v) is 1.60. The Hall–Kier alpha value is -1.47. The van der Waals surface area contributed by atoms with Crippen LogP contribution < -0.4 is 11.1 Å². The molecule has 0 spiro atoms. The predicted octanol–water partition coefficient (Wildman–Crippen LogP) is 1.78. The van der Waals surface area contributed by atoms with Crippen molar-refractivity contribution in [3.63, 3.8) is 0 Å². The summed E-state index contributed by atoms with van der Waals surface area (Å²) in [5.41, 5.74) is 6.68. The SMILES string of the molecule is C#CCCNC(=O)c1cc(N)cc(Br)c1. The summed E-state index contributed by atoms with van der Waals surface area (Å²) in [6, 6.07) is 5.07. The number of rotatable bonds is 3. The first-order chi connectivity index (χ1) is 7.13. The maximum Gasteiger partial charge on any atom is 0.251 e. The molecule has 0 aromatic heterocycles. The van der Waals surface area contributed by atoms with Crippen LogP contribution in [0.1, 0.15) is 16.8 Å². The topological polar surface area (TPSA) is 55.1 Å². The van der Waals surface area contributed by atoms with Crippen LogP contribution in [0.25, 0.3) is 0 Å². The molecule has 0 aliphatic carbocycles. The molecule has 0 aliphatic heterocycles. The summed E-state index contributed by atoms with van der Waals surface area (Å²) >= 11 is 3.27. The Labute approximate surface area is 97.2 Å². The monoisotopic (exact) mass is 266 g/mol. The van der Waals surface area contributed by atoms with Gasteiger partial charge in [-0.1, -0.05) is 15.9 Å². The van der Waals surface area contributed by atoms with Gasteiger partial charge in [0, 0.05) is 28.7 Å². The van der Waals surface area contributed by atoms with E-state index in [4.69, 9.17) is 12.2 Å². The van der Waals surface area contributed by atoms with Gasteiger partial charge in [0.25, 0.3) is 5.91 Å². The summed E-state index contributed by atoms with van der Waals surface area (Å²) in [4.78, 5) is 11.6. The van der Waals surface area contributed by atoms with Gasteiger partial charge >= 0.3 is 0 Å². The molecule has 3 nitrogen and oxygen atoms in total. The van der Waals surface area contributed by atoms with Crippen LogP contribution in [0.15, 0.2) is 22.7 Å². The number of carbonyl (C=O) groups is 1. The molecule has 0 bridgehead atoms. The first kappa shape index (κ1) is 11.6. The molecule has 0 aliphatic rings. The molecule has 3 N–H and O–H groups in total. The van der Waals surface area contributed by atoms with Gasteiger partial charge in [0.1, 0.15) is 0 Å². The smallest absolute Gasteiger partial charge is 0.251 e. The Morgan fingerprint density at radius 1 is 1.53 bits per heavy atom. The molecular formula is C11H11BrN2O. The minimum atomic E-state index is -0.168. The Morgan fingerprint density at radius 3 is 2.87 bits per heavy atom. The molecule has 78 valence electrons. The van der Waals surface area contributed by atoms with Crippen molar-refractivity contribution in [3.8, 4) is 12.3 Å². The Bertz CT molecular complexity index is 389. The predicted molar refractivity (Wildman–Crippen MR) is 64.3 cm³/mol. The van der Waals surface area contributed by atoms with Crippen molar-refractivity contribution in [1.82, 2.24) is 5.32 Å². The number of nitrogens with two attached hydrogens (primary N) is 1. The zero-order valence-electron chi connectivity index (χ0n) is 8.09. The zero-order chi connectivity index (χ0) is 11.3. The summed E-state index contributed by atoms with van der Waals surface area (Å²) in [6.45, 7) is 0.474. The third-order valence-electron chi connectivity index (χ3n) is 1.74. The molecule has 4 heteroatoms. The maximum atomic E-state index is 11.6.